The SMILES string of the molecule is CC/C=C\C/C=C\C/C=C\C/C=C\C/C=C\CCCC(=O)OC(COC(=O)CCCCCCCCCCCCCCCCCCCCCCC/C=C\C/C=C\CCCCCCC)COP(=O)([O-])OCC[N+](C)(C)C. The van der Waals surface area contributed by atoms with Crippen LogP contribution in [0.5, 0.6) is 0 Å². The molecule has 9 nitrogen and oxygen atoms in total. The number of hydrogen-bond acceptors (Lipinski definition) is 8. The van der Waals surface area contributed by atoms with E-state index in [9.17, 15) is 19.0 Å². The van der Waals surface area contributed by atoms with E-state index in [1.165, 1.54) is 161 Å². The van der Waals surface area contributed by atoms with E-state index in [1.807, 2.05) is 27.2 Å². The molecule has 0 spiro atoms. The van der Waals surface area contributed by atoms with E-state index in [2.05, 4.69) is 92.8 Å². The van der Waals surface area contributed by atoms with Crippen molar-refractivity contribution in [2.24, 2.45) is 0 Å². The van der Waals surface area contributed by atoms with Gasteiger partial charge >= 0.3 is 11.9 Å². The van der Waals surface area contributed by atoms with Crippen LogP contribution in [0.15, 0.2) is 85.1 Å². The molecule has 0 fully saturated rings. The maximum absolute atomic E-state index is 12.7. The molecule has 0 saturated heterocycles. The molecule has 428 valence electrons. The van der Waals surface area contributed by atoms with Gasteiger partial charge in [0.2, 0.25) is 0 Å². The Hall–Kier alpha value is -2.81. The summed E-state index contributed by atoms with van der Waals surface area (Å²) >= 11 is 0. The first-order chi connectivity index (χ1) is 36.0. The molecule has 0 aromatic rings. The maximum Gasteiger partial charge on any atom is 0.306 e. The average Bonchev–Trinajstić information content (AvgIpc) is 3.36. The minimum Gasteiger partial charge on any atom is -0.756 e. The van der Waals surface area contributed by atoms with Gasteiger partial charge in [-0.1, -0.05) is 247 Å². The molecule has 0 radical (unpaired) electrons. The highest BCUT2D eigenvalue weighted by molar-refractivity contribution is 7.45. The van der Waals surface area contributed by atoms with E-state index in [0.717, 1.165) is 57.8 Å². The van der Waals surface area contributed by atoms with Crippen LogP contribution < -0.4 is 4.89 Å². The Kier molecular flexibility index (Phi) is 52.9. The summed E-state index contributed by atoms with van der Waals surface area (Å²) in [6.45, 7) is 4.06. The van der Waals surface area contributed by atoms with E-state index in [0.29, 0.717) is 23.9 Å². The number of phosphoric acid groups is 1. The van der Waals surface area contributed by atoms with Crippen LogP contribution in [0.2, 0.25) is 0 Å². The first-order valence-electron chi connectivity index (χ1n) is 30.3. The average molecular weight is 1060 g/mol. The summed E-state index contributed by atoms with van der Waals surface area (Å²) in [4.78, 5) is 37.8. The van der Waals surface area contributed by atoms with Crippen LogP contribution in [0.25, 0.3) is 0 Å². The van der Waals surface area contributed by atoms with Gasteiger partial charge < -0.3 is 27.9 Å². The summed E-state index contributed by atoms with van der Waals surface area (Å²) in [5.74, 6) is -0.898. The summed E-state index contributed by atoms with van der Waals surface area (Å²) in [6, 6.07) is 0. The van der Waals surface area contributed by atoms with E-state index >= 15 is 0 Å². The largest absolute Gasteiger partial charge is 0.756 e. The zero-order valence-corrected chi connectivity index (χ0v) is 49.4. The normalized spacial score (nSPS) is 13.9. The molecular formula is C64H114NO8P. The molecule has 0 aliphatic heterocycles. The molecular weight excluding hydrogens is 942 g/mol. The molecule has 74 heavy (non-hydrogen) atoms. The number of carbonyl (C=O) groups excluding carboxylic acids is 2. The van der Waals surface area contributed by atoms with Gasteiger partial charge in [0, 0.05) is 12.8 Å². The highest BCUT2D eigenvalue weighted by atomic mass is 31.2. The summed E-state index contributed by atoms with van der Waals surface area (Å²) in [5, 5.41) is 0. The van der Waals surface area contributed by atoms with Gasteiger partial charge in [0.25, 0.3) is 7.82 Å². The quantitative estimate of drug-likeness (QED) is 0.0195. The monoisotopic (exact) mass is 1060 g/mol. The Balaban J connectivity index is 4.06. The molecule has 0 saturated carbocycles. The fraction of sp³-hybridized carbons (Fsp3) is 0.750. The first-order valence-corrected chi connectivity index (χ1v) is 31.8. The minimum atomic E-state index is -4.65. The molecule has 0 heterocycles. The van der Waals surface area contributed by atoms with Crippen LogP contribution in [-0.2, 0) is 32.7 Å². The van der Waals surface area contributed by atoms with Gasteiger partial charge in [-0.15, -0.1) is 0 Å². The van der Waals surface area contributed by atoms with Crippen molar-refractivity contribution in [1.82, 2.24) is 0 Å². The molecule has 0 N–H and O–H groups in total. The second-order valence-corrected chi connectivity index (χ2v) is 22.7. The third kappa shape index (κ3) is 58.5. The van der Waals surface area contributed by atoms with Crippen molar-refractivity contribution in [3.05, 3.63) is 85.1 Å². The predicted octanol–water partition coefficient (Wildman–Crippen LogP) is 18.4. The van der Waals surface area contributed by atoms with Gasteiger partial charge in [0.05, 0.1) is 27.7 Å². The Bertz CT molecular complexity index is 1520. The number of rotatable bonds is 55. The Labute approximate surface area is 456 Å². The van der Waals surface area contributed by atoms with Crippen molar-refractivity contribution in [1.29, 1.82) is 0 Å². The molecule has 0 aromatic carbocycles. The van der Waals surface area contributed by atoms with Crippen molar-refractivity contribution in [3.8, 4) is 0 Å². The Morgan fingerprint density at radius 2 is 0.784 bits per heavy atom. The first kappa shape index (κ1) is 71.2. The molecule has 0 amide bonds. The molecule has 0 rings (SSSR count). The molecule has 2 atom stereocenters. The second-order valence-electron chi connectivity index (χ2n) is 21.3. The smallest absolute Gasteiger partial charge is 0.306 e. The summed E-state index contributed by atoms with van der Waals surface area (Å²) in [5.41, 5.74) is 0. The molecule has 0 aromatic heterocycles. The number of ether oxygens (including phenoxy) is 2. The lowest BCUT2D eigenvalue weighted by Crippen LogP contribution is -2.37. The standard InChI is InChI=1S/C64H114NO8P/c1-6-8-10-12-14-16-18-20-22-24-25-26-27-28-29-30-31-32-33-34-35-36-37-38-39-41-42-44-46-48-50-52-54-56-63(66)70-60-62(61-72-74(68,69)71-59-58-65(3,4)5)73-64(67)57-55-53-51-49-47-45-43-40-23-21-19-17-15-13-11-9-7-2/h9,11,15,17-18,20-21,23-25,43,45,49,51,62H,6-8,10,12-14,16,19,22,26-42,44,46-48,50,52-61H2,1-5H3/b11-9-,17-15-,20-18-,23-21-,25-24-,45-43-,51-49-. The number of quaternary nitrogens is 1. The van der Waals surface area contributed by atoms with Crippen LogP contribution in [-0.4, -0.2) is 70.0 Å². The fourth-order valence-corrected chi connectivity index (χ4v) is 8.98. The lowest BCUT2D eigenvalue weighted by molar-refractivity contribution is -0.870. The molecule has 2 unspecified atom stereocenters. The lowest BCUT2D eigenvalue weighted by atomic mass is 10.0. The van der Waals surface area contributed by atoms with Crippen LogP contribution in [0.4, 0.5) is 0 Å². The van der Waals surface area contributed by atoms with Crippen LogP contribution >= 0.6 is 7.82 Å². The van der Waals surface area contributed by atoms with Gasteiger partial charge in [-0.2, -0.15) is 0 Å². The van der Waals surface area contributed by atoms with E-state index < -0.39 is 32.5 Å². The number of carbonyl (C=O) groups is 2. The van der Waals surface area contributed by atoms with Gasteiger partial charge in [-0.25, -0.2) is 0 Å². The summed E-state index contributed by atoms with van der Waals surface area (Å²) < 4.78 is 34.1. The zero-order valence-electron chi connectivity index (χ0n) is 48.5. The minimum absolute atomic E-state index is 0.0440. The van der Waals surface area contributed by atoms with Gasteiger partial charge in [-0.05, 0) is 83.5 Å². The van der Waals surface area contributed by atoms with Crippen LogP contribution in [0.1, 0.15) is 258 Å². The zero-order chi connectivity index (χ0) is 54.2. The van der Waals surface area contributed by atoms with Crippen molar-refractivity contribution in [2.75, 3.05) is 47.5 Å². The Morgan fingerprint density at radius 1 is 0.432 bits per heavy atom. The summed E-state index contributed by atoms with van der Waals surface area (Å²) in [7, 11) is 1.13. The number of hydrogen-bond donors (Lipinski definition) is 0. The third-order valence-electron chi connectivity index (χ3n) is 12.9. The second kappa shape index (κ2) is 55.0. The number of likely N-dealkylation sites (N-methyl/N-ethyl adjacent to an activating group) is 1. The number of allylic oxidation sites excluding steroid dienone is 14. The van der Waals surface area contributed by atoms with E-state index in [4.69, 9.17) is 18.5 Å². The van der Waals surface area contributed by atoms with Crippen molar-refractivity contribution >= 4 is 19.8 Å². The predicted molar refractivity (Wildman–Crippen MR) is 314 cm³/mol. The number of esters is 2. The highest BCUT2D eigenvalue weighted by Crippen LogP contribution is 2.38. The van der Waals surface area contributed by atoms with E-state index in [-0.39, 0.29) is 26.1 Å². The highest BCUT2D eigenvalue weighted by Gasteiger charge is 2.21. The number of phosphoric ester groups is 1. The van der Waals surface area contributed by atoms with Gasteiger partial charge in [-0.3, -0.25) is 14.2 Å². The van der Waals surface area contributed by atoms with Crippen molar-refractivity contribution in [3.63, 3.8) is 0 Å². The summed E-state index contributed by atoms with van der Waals surface area (Å²) in [6.07, 6.45) is 73.8. The van der Waals surface area contributed by atoms with Crippen LogP contribution in [0, 0.1) is 0 Å². The molecule has 0 aliphatic carbocycles. The molecule has 0 aliphatic rings. The number of unbranched alkanes of at least 4 members (excludes halogenated alkanes) is 27. The number of nitrogens with zero attached hydrogens (tertiary/aromatic N) is 1. The fourth-order valence-electron chi connectivity index (χ4n) is 8.25. The third-order valence-corrected chi connectivity index (χ3v) is 13.9. The van der Waals surface area contributed by atoms with Crippen LogP contribution in [0.3, 0.4) is 0 Å². The van der Waals surface area contributed by atoms with Gasteiger partial charge in [0.15, 0.2) is 6.10 Å². The molecule has 10 heteroatoms. The topological polar surface area (TPSA) is 111 Å². The molecule has 0 bridgehead atoms. The van der Waals surface area contributed by atoms with Crippen molar-refractivity contribution < 1.29 is 42.1 Å². The van der Waals surface area contributed by atoms with E-state index in [1.54, 1.807) is 0 Å². The Morgan fingerprint density at radius 3 is 1.19 bits per heavy atom. The maximum atomic E-state index is 12.7. The van der Waals surface area contributed by atoms with Gasteiger partial charge in [0.1, 0.15) is 19.8 Å². The van der Waals surface area contributed by atoms with Crippen molar-refractivity contribution in [2.45, 2.75) is 264 Å². The lowest BCUT2D eigenvalue weighted by Gasteiger charge is -2.28.